The second-order valence-corrected chi connectivity index (χ2v) is 12.8. The van der Waals surface area contributed by atoms with E-state index >= 15 is 0 Å². The van der Waals surface area contributed by atoms with Gasteiger partial charge >= 0.3 is 12.1 Å². The van der Waals surface area contributed by atoms with E-state index in [9.17, 15) is 14.4 Å². The van der Waals surface area contributed by atoms with Crippen molar-refractivity contribution in [2.24, 2.45) is 0 Å². The molecule has 3 aliphatic heterocycles. The molecule has 0 spiro atoms. The lowest BCUT2D eigenvalue weighted by Crippen LogP contribution is -2.57. The van der Waals surface area contributed by atoms with Gasteiger partial charge in [0.1, 0.15) is 6.04 Å². The average molecular weight is 603 g/mol. The largest absolute Gasteiger partial charge is 0.341 e. The van der Waals surface area contributed by atoms with Crippen molar-refractivity contribution in [2.75, 3.05) is 52.1 Å². The summed E-state index contributed by atoms with van der Waals surface area (Å²) < 4.78 is 0. The van der Waals surface area contributed by atoms with Gasteiger partial charge in [-0.25, -0.2) is 9.59 Å². The smallest absolute Gasteiger partial charge is 0.322 e. The first-order valence-corrected chi connectivity index (χ1v) is 16.5. The van der Waals surface area contributed by atoms with Crippen molar-refractivity contribution in [3.8, 4) is 0 Å². The van der Waals surface area contributed by atoms with E-state index in [0.717, 1.165) is 48.9 Å². The van der Waals surface area contributed by atoms with E-state index in [2.05, 4.69) is 67.7 Å². The molecule has 0 radical (unpaired) electrons. The molecule has 5 rings (SSSR count). The van der Waals surface area contributed by atoms with Crippen molar-refractivity contribution < 1.29 is 14.4 Å². The number of hydrogen-bond donors (Lipinski definition) is 2. The van der Waals surface area contributed by atoms with Crippen LogP contribution in [0, 0.1) is 0 Å². The second kappa shape index (κ2) is 14.5. The molecule has 5 amide bonds. The van der Waals surface area contributed by atoms with Crippen molar-refractivity contribution in [1.29, 1.82) is 0 Å². The molecular formula is C35H50N6O3. The van der Waals surface area contributed by atoms with Crippen LogP contribution >= 0.6 is 0 Å². The Bertz CT molecular complexity index is 1310. The van der Waals surface area contributed by atoms with Crippen molar-refractivity contribution in [2.45, 2.75) is 83.3 Å². The highest BCUT2D eigenvalue weighted by molar-refractivity contribution is 5.91. The van der Waals surface area contributed by atoms with Gasteiger partial charge < -0.3 is 30.2 Å². The van der Waals surface area contributed by atoms with Gasteiger partial charge in [-0.2, -0.15) is 0 Å². The zero-order valence-corrected chi connectivity index (χ0v) is 27.0. The normalized spacial score (nSPS) is 18.9. The van der Waals surface area contributed by atoms with Gasteiger partial charge in [-0.15, -0.1) is 0 Å². The number of para-hydroxylation sites is 1. The number of hydrogen-bond acceptors (Lipinski definition) is 4. The van der Waals surface area contributed by atoms with Gasteiger partial charge in [0.15, 0.2) is 0 Å². The van der Waals surface area contributed by atoms with Crippen molar-refractivity contribution in [3.05, 3.63) is 64.7 Å². The highest BCUT2D eigenvalue weighted by Gasteiger charge is 2.34. The Hall–Kier alpha value is -3.59. The summed E-state index contributed by atoms with van der Waals surface area (Å²) in [4.78, 5) is 48.6. The summed E-state index contributed by atoms with van der Waals surface area (Å²) >= 11 is 0. The van der Waals surface area contributed by atoms with Gasteiger partial charge in [0.25, 0.3) is 0 Å². The third kappa shape index (κ3) is 7.37. The quantitative estimate of drug-likeness (QED) is 0.465. The summed E-state index contributed by atoms with van der Waals surface area (Å²) in [5.74, 6) is 0.00358. The number of carbonyl (C=O) groups is 3. The number of urea groups is 2. The summed E-state index contributed by atoms with van der Waals surface area (Å²) in [7, 11) is 4.19. The average Bonchev–Trinajstić information content (AvgIpc) is 3.22. The summed E-state index contributed by atoms with van der Waals surface area (Å²) in [5, 5.41) is 6.22. The number of fused-ring (bicyclic) bond motifs is 1. The van der Waals surface area contributed by atoms with Gasteiger partial charge in [0, 0.05) is 56.9 Å². The van der Waals surface area contributed by atoms with Gasteiger partial charge in [-0.05, 0) is 87.4 Å². The molecular weight excluding hydrogens is 552 g/mol. The van der Waals surface area contributed by atoms with Crippen LogP contribution in [0.2, 0.25) is 0 Å². The van der Waals surface area contributed by atoms with Crippen LogP contribution in [-0.4, -0.2) is 103 Å². The maximum atomic E-state index is 13.9. The number of piperidine rings is 2. The van der Waals surface area contributed by atoms with Crippen LogP contribution in [0.3, 0.4) is 0 Å². The maximum absolute atomic E-state index is 13.9. The monoisotopic (exact) mass is 602 g/mol. The lowest BCUT2D eigenvalue weighted by atomic mass is 9.96. The molecule has 0 saturated carbocycles. The Kier molecular flexibility index (Phi) is 10.5. The molecule has 2 N–H and O–H groups in total. The Balaban J connectivity index is 1.23. The molecule has 2 fully saturated rings. The van der Waals surface area contributed by atoms with Crippen LogP contribution < -0.4 is 10.6 Å². The van der Waals surface area contributed by atoms with Gasteiger partial charge in [-0.1, -0.05) is 50.2 Å². The van der Waals surface area contributed by atoms with Gasteiger partial charge in [-0.3, -0.25) is 4.79 Å². The molecule has 9 nitrogen and oxygen atoms in total. The molecule has 1 atom stereocenters. The molecule has 0 aromatic heterocycles. The lowest BCUT2D eigenvalue weighted by molar-refractivity contribution is -0.134. The number of rotatable bonds is 8. The number of nitrogens with one attached hydrogen (secondary N) is 2. The number of nitrogens with zero attached hydrogens (tertiary/aromatic N) is 4. The summed E-state index contributed by atoms with van der Waals surface area (Å²) in [5.41, 5.74) is 5.75. The second-order valence-electron chi connectivity index (χ2n) is 12.8. The van der Waals surface area contributed by atoms with Crippen molar-refractivity contribution in [3.63, 3.8) is 0 Å². The minimum Gasteiger partial charge on any atom is -0.341 e. The highest BCUT2D eigenvalue weighted by atomic mass is 16.2. The molecule has 2 saturated heterocycles. The fourth-order valence-electron chi connectivity index (χ4n) is 7.10. The maximum Gasteiger partial charge on any atom is 0.322 e. The lowest BCUT2D eigenvalue weighted by Gasteiger charge is -2.39. The Morgan fingerprint density at radius 2 is 1.59 bits per heavy atom. The number of carbonyl (C=O) groups excluding carboxylic acids is 3. The fraction of sp³-hybridized carbons (Fsp3) is 0.571. The SMILES string of the molecule is CCc1ccc(CC(NC(=O)N2CCC(N3CCc4ccccc4NC3=O)CC2)C(=O)N2CCC(N(C)C)CC2)cc1CC. The zero-order valence-electron chi connectivity index (χ0n) is 27.0. The molecule has 0 bridgehead atoms. The minimum atomic E-state index is -0.622. The van der Waals surface area contributed by atoms with Crippen molar-refractivity contribution >= 4 is 23.7 Å². The number of benzene rings is 2. The molecule has 9 heteroatoms. The first-order valence-electron chi connectivity index (χ1n) is 16.5. The predicted octanol–water partition coefficient (Wildman–Crippen LogP) is 4.54. The summed E-state index contributed by atoms with van der Waals surface area (Å²) in [6.45, 7) is 7.50. The van der Waals surface area contributed by atoms with E-state index in [1.807, 2.05) is 32.9 Å². The van der Waals surface area contributed by atoms with E-state index in [-0.39, 0.29) is 24.0 Å². The Labute approximate surface area is 262 Å². The van der Waals surface area contributed by atoms with Crippen LogP contribution in [0.15, 0.2) is 42.5 Å². The molecule has 2 aromatic carbocycles. The highest BCUT2D eigenvalue weighted by Crippen LogP contribution is 2.25. The molecule has 0 aliphatic carbocycles. The zero-order chi connectivity index (χ0) is 31.2. The number of likely N-dealkylation sites (tertiary alicyclic amines) is 2. The Morgan fingerprint density at radius 3 is 2.27 bits per heavy atom. The number of amides is 5. The topological polar surface area (TPSA) is 88.2 Å². The van der Waals surface area contributed by atoms with E-state index in [4.69, 9.17) is 0 Å². The molecule has 2 aromatic rings. The molecule has 238 valence electrons. The van der Waals surface area contributed by atoms with Crippen molar-refractivity contribution in [1.82, 2.24) is 24.9 Å². The molecule has 1 unspecified atom stereocenters. The first-order chi connectivity index (χ1) is 21.3. The first kappa shape index (κ1) is 31.8. The third-order valence-electron chi connectivity index (χ3n) is 9.91. The van der Waals surface area contributed by atoms with E-state index in [1.54, 1.807) is 0 Å². The van der Waals surface area contributed by atoms with Crippen LogP contribution in [0.1, 0.15) is 61.8 Å². The third-order valence-corrected chi connectivity index (χ3v) is 9.91. The fourth-order valence-corrected chi connectivity index (χ4v) is 7.10. The van der Waals surface area contributed by atoms with Crippen LogP contribution in [0.4, 0.5) is 15.3 Å². The standard InChI is InChI=1S/C35H50N6O3/c1-5-26-12-11-25(23-27(26)6-2)24-32(33(42)39-18-14-29(15-19-39)38(3)4)37-34(43)40-20-16-30(17-21-40)41-22-13-28-9-7-8-10-31(28)36-35(41)44/h7-12,23,29-30,32H,5-6,13-22,24H2,1-4H3,(H,36,44)(H,37,43). The predicted molar refractivity (Wildman–Crippen MR) is 175 cm³/mol. The van der Waals surface area contributed by atoms with Crippen LogP contribution in [0.25, 0.3) is 0 Å². The molecule has 3 heterocycles. The van der Waals surface area contributed by atoms with E-state index < -0.39 is 6.04 Å². The van der Waals surface area contributed by atoms with Gasteiger partial charge in [0.05, 0.1) is 0 Å². The number of aryl methyl sites for hydroxylation is 2. The minimum absolute atomic E-state index is 0.00358. The van der Waals surface area contributed by atoms with Crippen LogP contribution in [-0.2, 0) is 30.5 Å². The Morgan fingerprint density at radius 1 is 0.909 bits per heavy atom. The number of anilines is 1. The molecule has 44 heavy (non-hydrogen) atoms. The van der Waals surface area contributed by atoms with E-state index in [1.165, 1.54) is 11.1 Å². The summed E-state index contributed by atoms with van der Waals surface area (Å²) in [6, 6.07) is 14.1. The van der Waals surface area contributed by atoms with E-state index in [0.29, 0.717) is 58.0 Å². The van der Waals surface area contributed by atoms with Gasteiger partial charge in [0.2, 0.25) is 5.91 Å². The molecule has 3 aliphatic rings. The van der Waals surface area contributed by atoms with Crippen LogP contribution in [0.5, 0.6) is 0 Å². The summed E-state index contributed by atoms with van der Waals surface area (Å²) in [6.07, 6.45) is 6.50.